The fourth-order valence-electron chi connectivity index (χ4n) is 3.15. The highest BCUT2D eigenvalue weighted by atomic mass is 16.7. The SMILES string of the molecule is CC1(C)COC2(OC1)c1ccccc1C(O)CC2CO. The summed E-state index contributed by atoms with van der Waals surface area (Å²) in [6, 6.07) is 7.65. The molecule has 0 amide bonds. The third-order valence-electron chi connectivity index (χ3n) is 4.32. The molecule has 110 valence electrons. The minimum atomic E-state index is -0.917. The number of aliphatic hydroxyl groups excluding tert-OH is 2. The second-order valence-corrected chi connectivity index (χ2v) is 6.63. The van der Waals surface area contributed by atoms with Crippen LogP contribution in [-0.2, 0) is 15.3 Å². The van der Waals surface area contributed by atoms with E-state index < -0.39 is 11.9 Å². The van der Waals surface area contributed by atoms with Gasteiger partial charge in [-0.2, -0.15) is 0 Å². The Labute approximate surface area is 119 Å². The van der Waals surface area contributed by atoms with Gasteiger partial charge in [0.2, 0.25) is 0 Å². The molecule has 1 saturated heterocycles. The summed E-state index contributed by atoms with van der Waals surface area (Å²) < 4.78 is 12.2. The minimum absolute atomic E-state index is 0.0315. The molecule has 3 rings (SSSR count). The van der Waals surface area contributed by atoms with E-state index in [1.807, 2.05) is 24.3 Å². The Hall–Kier alpha value is -0.940. The van der Waals surface area contributed by atoms with Crippen molar-refractivity contribution in [1.29, 1.82) is 0 Å². The summed E-state index contributed by atoms with van der Waals surface area (Å²) in [6.45, 7) is 5.28. The van der Waals surface area contributed by atoms with Crippen LogP contribution in [0.5, 0.6) is 0 Å². The molecule has 1 fully saturated rings. The molecule has 2 atom stereocenters. The molecule has 4 heteroatoms. The van der Waals surface area contributed by atoms with E-state index in [9.17, 15) is 10.2 Å². The van der Waals surface area contributed by atoms with Gasteiger partial charge in [0.25, 0.3) is 0 Å². The van der Waals surface area contributed by atoms with Crippen LogP contribution in [0.1, 0.15) is 37.5 Å². The molecule has 1 spiro atoms. The van der Waals surface area contributed by atoms with E-state index in [0.717, 1.165) is 11.1 Å². The van der Waals surface area contributed by atoms with E-state index in [2.05, 4.69) is 13.8 Å². The number of benzene rings is 1. The van der Waals surface area contributed by atoms with Gasteiger partial charge in [-0.1, -0.05) is 38.1 Å². The van der Waals surface area contributed by atoms with Crippen LogP contribution in [0.4, 0.5) is 0 Å². The highest BCUT2D eigenvalue weighted by Crippen LogP contribution is 2.50. The van der Waals surface area contributed by atoms with E-state index in [4.69, 9.17) is 9.47 Å². The Kier molecular flexibility index (Phi) is 3.37. The van der Waals surface area contributed by atoms with E-state index in [1.165, 1.54) is 0 Å². The maximum absolute atomic E-state index is 10.3. The minimum Gasteiger partial charge on any atom is -0.396 e. The maximum Gasteiger partial charge on any atom is 0.200 e. The zero-order chi connectivity index (χ0) is 14.4. The topological polar surface area (TPSA) is 58.9 Å². The third-order valence-corrected chi connectivity index (χ3v) is 4.32. The average Bonchev–Trinajstić information content (AvgIpc) is 2.45. The summed E-state index contributed by atoms with van der Waals surface area (Å²) in [5.41, 5.74) is 1.67. The van der Waals surface area contributed by atoms with Gasteiger partial charge < -0.3 is 19.7 Å². The Balaban J connectivity index is 2.05. The number of ether oxygens (including phenoxy) is 2. The molecule has 0 radical (unpaired) electrons. The van der Waals surface area contributed by atoms with Gasteiger partial charge in [0.05, 0.1) is 25.9 Å². The molecule has 0 bridgehead atoms. The van der Waals surface area contributed by atoms with Crippen molar-refractivity contribution >= 4 is 0 Å². The molecule has 1 heterocycles. The third kappa shape index (κ3) is 2.07. The predicted molar refractivity (Wildman–Crippen MR) is 74.0 cm³/mol. The zero-order valence-electron chi connectivity index (χ0n) is 12.0. The quantitative estimate of drug-likeness (QED) is 0.824. The first kappa shape index (κ1) is 14.0. The van der Waals surface area contributed by atoms with Gasteiger partial charge >= 0.3 is 0 Å². The van der Waals surface area contributed by atoms with Crippen molar-refractivity contribution < 1.29 is 19.7 Å². The lowest BCUT2D eigenvalue weighted by Gasteiger charge is -2.50. The number of aliphatic hydroxyl groups is 2. The largest absolute Gasteiger partial charge is 0.396 e. The number of rotatable bonds is 1. The summed E-state index contributed by atoms with van der Waals surface area (Å²) in [7, 11) is 0. The van der Waals surface area contributed by atoms with Crippen molar-refractivity contribution in [3.05, 3.63) is 35.4 Å². The van der Waals surface area contributed by atoms with Crippen LogP contribution in [0, 0.1) is 11.3 Å². The van der Waals surface area contributed by atoms with Gasteiger partial charge in [0.1, 0.15) is 0 Å². The molecule has 2 unspecified atom stereocenters. The average molecular weight is 278 g/mol. The Bertz CT molecular complexity index is 487. The summed E-state index contributed by atoms with van der Waals surface area (Å²) in [4.78, 5) is 0. The normalized spacial score (nSPS) is 31.0. The van der Waals surface area contributed by atoms with Gasteiger partial charge in [0, 0.05) is 16.9 Å². The first-order valence-corrected chi connectivity index (χ1v) is 7.15. The molecule has 1 aliphatic carbocycles. The maximum atomic E-state index is 10.3. The summed E-state index contributed by atoms with van der Waals surface area (Å²) >= 11 is 0. The van der Waals surface area contributed by atoms with Crippen LogP contribution < -0.4 is 0 Å². The molecule has 0 aromatic heterocycles. The molecular weight excluding hydrogens is 256 g/mol. The molecule has 20 heavy (non-hydrogen) atoms. The predicted octanol–water partition coefficient (Wildman–Crippen LogP) is 1.96. The summed E-state index contributed by atoms with van der Waals surface area (Å²) in [5.74, 6) is -1.16. The van der Waals surface area contributed by atoms with E-state index >= 15 is 0 Å². The molecule has 1 aromatic rings. The fraction of sp³-hybridized carbons (Fsp3) is 0.625. The van der Waals surface area contributed by atoms with Crippen LogP contribution >= 0.6 is 0 Å². The molecule has 2 N–H and O–H groups in total. The lowest BCUT2D eigenvalue weighted by Crippen LogP contribution is -2.53. The Morgan fingerprint density at radius 1 is 1.20 bits per heavy atom. The molecular formula is C16H22O4. The van der Waals surface area contributed by atoms with Gasteiger partial charge in [-0.25, -0.2) is 0 Å². The highest BCUT2D eigenvalue weighted by Gasteiger charge is 2.52. The molecule has 4 nitrogen and oxygen atoms in total. The molecule has 1 aromatic carbocycles. The first-order valence-electron chi connectivity index (χ1n) is 7.15. The second kappa shape index (κ2) is 4.81. The van der Waals surface area contributed by atoms with E-state index in [1.54, 1.807) is 0 Å². The van der Waals surface area contributed by atoms with Crippen molar-refractivity contribution in [3.8, 4) is 0 Å². The first-order chi connectivity index (χ1) is 9.48. The van der Waals surface area contributed by atoms with Gasteiger partial charge in [-0.3, -0.25) is 0 Å². The van der Waals surface area contributed by atoms with Crippen LogP contribution in [0.25, 0.3) is 0 Å². The van der Waals surface area contributed by atoms with Crippen molar-refractivity contribution in [2.45, 2.75) is 32.2 Å². The Morgan fingerprint density at radius 2 is 1.85 bits per heavy atom. The fourth-order valence-corrected chi connectivity index (χ4v) is 3.15. The van der Waals surface area contributed by atoms with Gasteiger partial charge in [-0.15, -0.1) is 0 Å². The second-order valence-electron chi connectivity index (χ2n) is 6.63. The highest BCUT2D eigenvalue weighted by molar-refractivity contribution is 5.36. The van der Waals surface area contributed by atoms with Crippen LogP contribution in [0.15, 0.2) is 24.3 Å². The zero-order valence-corrected chi connectivity index (χ0v) is 12.0. The van der Waals surface area contributed by atoms with Crippen LogP contribution in [-0.4, -0.2) is 30.0 Å². The van der Waals surface area contributed by atoms with Crippen molar-refractivity contribution in [1.82, 2.24) is 0 Å². The van der Waals surface area contributed by atoms with Crippen LogP contribution in [0.3, 0.4) is 0 Å². The lowest BCUT2D eigenvalue weighted by molar-refractivity contribution is -0.342. The Morgan fingerprint density at radius 3 is 2.50 bits per heavy atom. The number of hydrogen-bond donors (Lipinski definition) is 2. The monoisotopic (exact) mass is 278 g/mol. The molecule has 1 aliphatic heterocycles. The van der Waals surface area contributed by atoms with Gasteiger partial charge in [-0.05, 0) is 12.0 Å². The van der Waals surface area contributed by atoms with Crippen molar-refractivity contribution in [2.75, 3.05) is 19.8 Å². The standard InChI is InChI=1S/C16H22O4/c1-15(2)9-19-16(20-10-15)11(8-17)7-14(18)12-5-3-4-6-13(12)16/h3-6,11,14,17-18H,7-10H2,1-2H3. The van der Waals surface area contributed by atoms with E-state index in [0.29, 0.717) is 19.6 Å². The molecule has 2 aliphatic rings. The number of fused-ring (bicyclic) bond motifs is 2. The van der Waals surface area contributed by atoms with Crippen molar-refractivity contribution in [3.63, 3.8) is 0 Å². The smallest absolute Gasteiger partial charge is 0.200 e. The molecule has 0 saturated carbocycles. The summed E-state index contributed by atoms with van der Waals surface area (Å²) in [6.07, 6.45) is -0.121. The number of hydrogen-bond acceptors (Lipinski definition) is 4. The van der Waals surface area contributed by atoms with E-state index in [-0.39, 0.29) is 17.9 Å². The van der Waals surface area contributed by atoms with Crippen molar-refractivity contribution in [2.24, 2.45) is 11.3 Å². The summed E-state index contributed by atoms with van der Waals surface area (Å²) in [5, 5.41) is 20.0. The lowest BCUT2D eigenvalue weighted by atomic mass is 9.76. The van der Waals surface area contributed by atoms with Crippen LogP contribution in [0.2, 0.25) is 0 Å². The van der Waals surface area contributed by atoms with Gasteiger partial charge in [0.15, 0.2) is 5.79 Å².